The maximum absolute atomic E-state index is 5.94. The lowest BCUT2D eigenvalue weighted by Crippen LogP contribution is -2.46. The fraction of sp³-hybridized carbons (Fsp3) is 0.944. The highest BCUT2D eigenvalue weighted by Gasteiger charge is 2.14. The second kappa shape index (κ2) is 14.8. The Morgan fingerprint density at radius 1 is 0.923 bits per heavy atom. The minimum atomic E-state index is 0. The van der Waals surface area contributed by atoms with Gasteiger partial charge in [-0.05, 0) is 32.4 Å². The fourth-order valence-corrected chi connectivity index (χ4v) is 3.38. The van der Waals surface area contributed by atoms with E-state index < -0.39 is 0 Å². The predicted molar refractivity (Wildman–Crippen MR) is 120 cm³/mol. The summed E-state index contributed by atoms with van der Waals surface area (Å²) in [6.07, 6.45) is 3.44. The average Bonchev–Trinajstić information content (AvgIpc) is 2.66. The van der Waals surface area contributed by atoms with E-state index in [9.17, 15) is 0 Å². The second-order valence-electron chi connectivity index (χ2n) is 6.98. The lowest BCUT2D eigenvalue weighted by molar-refractivity contribution is 0.0377. The summed E-state index contributed by atoms with van der Waals surface area (Å²) in [5.74, 6) is 0.596. The van der Waals surface area contributed by atoms with E-state index in [4.69, 9.17) is 10.5 Å². The summed E-state index contributed by atoms with van der Waals surface area (Å²) in [7, 11) is 0. The molecular formula is C18H39IN6O. The minimum Gasteiger partial charge on any atom is -0.379 e. The standard InChI is InChI=1S/C18H38N6O.HI/c1-2-22-10-12-23(13-11-22)8-4-3-6-20-18(19)21-7-5-9-24-14-16-25-17-15-24;/h2-17H2,1H3,(H3,19,20,21);1H. The number of guanidine groups is 1. The van der Waals surface area contributed by atoms with Crippen molar-refractivity contribution in [2.45, 2.75) is 26.2 Å². The summed E-state index contributed by atoms with van der Waals surface area (Å²) >= 11 is 0. The van der Waals surface area contributed by atoms with Crippen LogP contribution in [0.5, 0.6) is 0 Å². The predicted octanol–water partition coefficient (Wildman–Crippen LogP) is 0.649. The van der Waals surface area contributed by atoms with Crippen molar-refractivity contribution in [2.24, 2.45) is 10.7 Å². The number of unbranched alkanes of at least 4 members (excludes halogenated alkanes) is 1. The molecule has 0 saturated carbocycles. The molecule has 7 nitrogen and oxygen atoms in total. The van der Waals surface area contributed by atoms with E-state index in [1.807, 2.05) is 0 Å². The third-order valence-corrected chi connectivity index (χ3v) is 5.14. The number of rotatable bonds is 10. The molecule has 0 unspecified atom stereocenters. The van der Waals surface area contributed by atoms with Crippen LogP contribution in [0.2, 0.25) is 0 Å². The SMILES string of the molecule is CCN1CCN(CCCCNC(N)=NCCCN2CCOCC2)CC1.I. The van der Waals surface area contributed by atoms with Gasteiger partial charge in [-0.2, -0.15) is 0 Å². The molecule has 3 N–H and O–H groups in total. The van der Waals surface area contributed by atoms with E-state index in [0.29, 0.717) is 5.96 Å². The molecule has 0 spiro atoms. The van der Waals surface area contributed by atoms with Crippen molar-refractivity contribution in [1.29, 1.82) is 0 Å². The highest BCUT2D eigenvalue weighted by molar-refractivity contribution is 14.0. The third-order valence-electron chi connectivity index (χ3n) is 5.14. The number of nitrogens with one attached hydrogen (secondary N) is 1. The third kappa shape index (κ3) is 10.2. The normalized spacial score (nSPS) is 20.7. The topological polar surface area (TPSA) is 69.4 Å². The Bertz CT molecular complexity index is 371. The van der Waals surface area contributed by atoms with Crippen molar-refractivity contribution in [3.05, 3.63) is 0 Å². The van der Waals surface area contributed by atoms with E-state index in [-0.39, 0.29) is 24.0 Å². The van der Waals surface area contributed by atoms with Crippen LogP contribution in [0.25, 0.3) is 0 Å². The van der Waals surface area contributed by atoms with Gasteiger partial charge in [0.05, 0.1) is 13.2 Å². The van der Waals surface area contributed by atoms with Gasteiger partial charge in [-0.3, -0.25) is 9.89 Å². The molecule has 2 aliphatic heterocycles. The van der Waals surface area contributed by atoms with Crippen molar-refractivity contribution in [2.75, 3.05) is 85.2 Å². The first-order valence-electron chi connectivity index (χ1n) is 10.1. The van der Waals surface area contributed by atoms with Gasteiger partial charge in [0.2, 0.25) is 0 Å². The summed E-state index contributed by atoms with van der Waals surface area (Å²) < 4.78 is 5.35. The molecule has 2 saturated heterocycles. The Morgan fingerprint density at radius 2 is 1.54 bits per heavy atom. The molecule has 2 heterocycles. The summed E-state index contributed by atoms with van der Waals surface area (Å²) in [4.78, 5) is 12.0. The Kier molecular flexibility index (Phi) is 13.6. The number of nitrogens with zero attached hydrogens (tertiary/aromatic N) is 4. The molecule has 0 aromatic heterocycles. The Hall–Kier alpha value is -0.160. The van der Waals surface area contributed by atoms with Crippen molar-refractivity contribution >= 4 is 29.9 Å². The van der Waals surface area contributed by atoms with E-state index >= 15 is 0 Å². The monoisotopic (exact) mass is 482 g/mol. The first-order chi connectivity index (χ1) is 12.3. The van der Waals surface area contributed by atoms with Gasteiger partial charge in [-0.15, -0.1) is 24.0 Å². The molecule has 0 aromatic rings. The van der Waals surface area contributed by atoms with Gasteiger partial charge in [0.15, 0.2) is 5.96 Å². The molecule has 8 heteroatoms. The zero-order chi connectivity index (χ0) is 17.7. The lowest BCUT2D eigenvalue weighted by atomic mass is 10.2. The maximum atomic E-state index is 5.94. The van der Waals surface area contributed by atoms with E-state index in [1.54, 1.807) is 0 Å². The molecule has 0 aliphatic carbocycles. The van der Waals surface area contributed by atoms with E-state index in [2.05, 4.69) is 31.9 Å². The van der Waals surface area contributed by atoms with Crippen LogP contribution in [-0.2, 0) is 4.74 Å². The van der Waals surface area contributed by atoms with Crippen LogP contribution in [0, 0.1) is 0 Å². The molecule has 0 atom stereocenters. The Balaban J connectivity index is 0.00000338. The quantitative estimate of drug-likeness (QED) is 0.206. The van der Waals surface area contributed by atoms with E-state index in [0.717, 1.165) is 58.8 Å². The van der Waals surface area contributed by atoms with Crippen molar-refractivity contribution in [3.8, 4) is 0 Å². The van der Waals surface area contributed by atoms with Gasteiger partial charge in [-0.25, -0.2) is 0 Å². The number of hydrogen-bond donors (Lipinski definition) is 2. The zero-order valence-corrected chi connectivity index (χ0v) is 18.8. The average molecular weight is 482 g/mol. The molecule has 26 heavy (non-hydrogen) atoms. The van der Waals surface area contributed by atoms with Crippen molar-refractivity contribution < 1.29 is 4.74 Å². The van der Waals surface area contributed by atoms with Crippen LogP contribution in [-0.4, -0.2) is 106 Å². The van der Waals surface area contributed by atoms with Gasteiger partial charge in [-0.1, -0.05) is 6.92 Å². The largest absolute Gasteiger partial charge is 0.379 e. The van der Waals surface area contributed by atoms with Gasteiger partial charge >= 0.3 is 0 Å². The van der Waals surface area contributed by atoms with E-state index in [1.165, 1.54) is 45.7 Å². The number of hydrogen-bond acceptors (Lipinski definition) is 5. The molecular weight excluding hydrogens is 443 g/mol. The maximum Gasteiger partial charge on any atom is 0.188 e. The van der Waals surface area contributed by atoms with Crippen LogP contribution in [0.15, 0.2) is 4.99 Å². The summed E-state index contributed by atoms with van der Waals surface area (Å²) in [5, 5.41) is 3.24. The van der Waals surface area contributed by atoms with Gasteiger partial charge in [0.25, 0.3) is 0 Å². The van der Waals surface area contributed by atoms with Crippen LogP contribution >= 0.6 is 24.0 Å². The minimum absolute atomic E-state index is 0. The molecule has 0 aromatic carbocycles. The Morgan fingerprint density at radius 3 is 2.23 bits per heavy atom. The molecule has 0 radical (unpaired) electrons. The number of piperazine rings is 1. The molecule has 0 amide bonds. The number of likely N-dealkylation sites (N-methyl/N-ethyl adjacent to an activating group) is 1. The molecule has 2 aliphatic rings. The number of halogens is 1. The van der Waals surface area contributed by atoms with Crippen LogP contribution in [0.4, 0.5) is 0 Å². The summed E-state index contributed by atoms with van der Waals surface area (Å²) in [6.45, 7) is 16.1. The van der Waals surface area contributed by atoms with Gasteiger partial charge < -0.3 is 25.6 Å². The van der Waals surface area contributed by atoms with Crippen LogP contribution < -0.4 is 11.1 Å². The number of morpholine rings is 1. The number of aliphatic imine (C=N–C) groups is 1. The van der Waals surface area contributed by atoms with Crippen LogP contribution in [0.1, 0.15) is 26.2 Å². The molecule has 2 rings (SSSR count). The summed E-state index contributed by atoms with van der Waals surface area (Å²) in [6, 6.07) is 0. The van der Waals surface area contributed by atoms with Crippen molar-refractivity contribution in [1.82, 2.24) is 20.0 Å². The molecule has 2 fully saturated rings. The molecule has 154 valence electrons. The Labute approximate surface area is 176 Å². The first-order valence-corrected chi connectivity index (χ1v) is 10.1. The van der Waals surface area contributed by atoms with Gasteiger partial charge in [0, 0.05) is 58.9 Å². The molecule has 0 bridgehead atoms. The highest BCUT2D eigenvalue weighted by atomic mass is 127. The van der Waals surface area contributed by atoms with Crippen molar-refractivity contribution in [3.63, 3.8) is 0 Å². The lowest BCUT2D eigenvalue weighted by Gasteiger charge is -2.33. The smallest absolute Gasteiger partial charge is 0.188 e. The fourth-order valence-electron chi connectivity index (χ4n) is 3.38. The number of ether oxygens (including phenoxy) is 1. The first kappa shape index (κ1) is 23.9. The highest BCUT2D eigenvalue weighted by Crippen LogP contribution is 2.03. The second-order valence-corrected chi connectivity index (χ2v) is 6.98. The number of nitrogens with two attached hydrogens (primary N) is 1. The summed E-state index contributed by atoms with van der Waals surface area (Å²) in [5.41, 5.74) is 5.94. The van der Waals surface area contributed by atoms with Gasteiger partial charge in [0.1, 0.15) is 0 Å². The van der Waals surface area contributed by atoms with Crippen LogP contribution in [0.3, 0.4) is 0 Å². The zero-order valence-electron chi connectivity index (χ0n) is 16.5.